The molecular formula is C11H17FN2O2S. The second-order valence-corrected chi connectivity index (χ2v) is 4.93. The Hall–Kier alpha value is -0.820. The maximum absolute atomic E-state index is 12.5. The fraction of sp³-hybridized carbons (Fsp3) is 0.455. The second kappa shape index (κ2) is 6.80. The Kier molecular flexibility index (Phi) is 5.70. The molecule has 0 spiro atoms. The van der Waals surface area contributed by atoms with E-state index in [1.165, 1.54) is 7.11 Å². The molecule has 4 nitrogen and oxygen atoms in total. The Morgan fingerprint density at radius 2 is 2.06 bits per heavy atom. The summed E-state index contributed by atoms with van der Waals surface area (Å²) in [5.41, 5.74) is 6.38. The van der Waals surface area contributed by atoms with Gasteiger partial charge in [-0.3, -0.25) is 0 Å². The number of nitrogens with one attached hydrogen (secondary N) is 1. The van der Waals surface area contributed by atoms with E-state index in [0.717, 1.165) is 5.56 Å². The molecular weight excluding hydrogens is 243 g/mol. The molecule has 0 aliphatic heterocycles. The molecule has 96 valence electrons. The van der Waals surface area contributed by atoms with Gasteiger partial charge >= 0.3 is 0 Å². The molecule has 0 heterocycles. The molecule has 1 rings (SSSR count). The van der Waals surface area contributed by atoms with Crippen molar-refractivity contribution in [2.75, 3.05) is 20.8 Å². The topological polar surface area (TPSA) is 64.3 Å². The van der Waals surface area contributed by atoms with Gasteiger partial charge in [-0.2, -0.15) is 0 Å². The van der Waals surface area contributed by atoms with Crippen LogP contribution in [0, 0.1) is 0 Å². The van der Waals surface area contributed by atoms with Crippen LogP contribution in [-0.2, 0) is 15.7 Å². The van der Waals surface area contributed by atoms with Crippen LogP contribution in [0.2, 0.25) is 0 Å². The van der Waals surface area contributed by atoms with E-state index < -0.39 is 29.8 Å². The summed E-state index contributed by atoms with van der Waals surface area (Å²) in [4.78, 5) is 0.653. The van der Waals surface area contributed by atoms with Gasteiger partial charge in [0.2, 0.25) is 0 Å². The molecule has 0 fully saturated rings. The zero-order valence-corrected chi connectivity index (χ0v) is 10.7. The Labute approximate surface area is 103 Å². The average Bonchev–Trinajstić information content (AvgIpc) is 2.39. The molecule has 17 heavy (non-hydrogen) atoms. The van der Waals surface area contributed by atoms with Crippen molar-refractivity contribution in [2.24, 2.45) is 5.73 Å². The molecule has 6 heteroatoms. The van der Waals surface area contributed by atoms with Gasteiger partial charge in [-0.1, -0.05) is 12.1 Å². The highest BCUT2D eigenvalue weighted by molar-refractivity contribution is 7.83. The van der Waals surface area contributed by atoms with Gasteiger partial charge in [-0.25, -0.2) is 13.3 Å². The van der Waals surface area contributed by atoms with Crippen molar-refractivity contribution in [1.29, 1.82) is 0 Å². The Morgan fingerprint density at radius 3 is 2.47 bits per heavy atom. The molecule has 0 saturated carbocycles. The van der Waals surface area contributed by atoms with Crippen LogP contribution in [-0.4, -0.2) is 31.1 Å². The van der Waals surface area contributed by atoms with Crippen LogP contribution in [0.5, 0.6) is 0 Å². The number of benzene rings is 1. The molecule has 0 aromatic heterocycles. The molecule has 3 N–H and O–H groups in total. The van der Waals surface area contributed by atoms with Crippen molar-refractivity contribution in [2.45, 2.75) is 17.0 Å². The third-order valence-electron chi connectivity index (χ3n) is 2.43. The van der Waals surface area contributed by atoms with Crippen LogP contribution >= 0.6 is 0 Å². The predicted molar refractivity (Wildman–Crippen MR) is 65.6 cm³/mol. The normalized spacial score (nSPS) is 16.5. The lowest BCUT2D eigenvalue weighted by Gasteiger charge is -2.20. The highest BCUT2D eigenvalue weighted by atomic mass is 32.2. The van der Waals surface area contributed by atoms with Crippen LogP contribution in [0.15, 0.2) is 29.2 Å². The SMILES string of the molecule is CNS(=O)c1ccc(C(OC)C(N)CF)cc1. The lowest BCUT2D eigenvalue weighted by Crippen LogP contribution is -2.31. The summed E-state index contributed by atoms with van der Waals surface area (Å²) in [6.45, 7) is -0.650. The monoisotopic (exact) mass is 260 g/mol. The van der Waals surface area contributed by atoms with Gasteiger partial charge in [0.25, 0.3) is 0 Å². The van der Waals surface area contributed by atoms with Gasteiger partial charge in [0.15, 0.2) is 0 Å². The van der Waals surface area contributed by atoms with Gasteiger partial charge < -0.3 is 10.5 Å². The lowest BCUT2D eigenvalue weighted by molar-refractivity contribution is 0.0720. The van der Waals surface area contributed by atoms with Gasteiger partial charge in [0.05, 0.1) is 17.0 Å². The lowest BCUT2D eigenvalue weighted by atomic mass is 10.0. The fourth-order valence-corrected chi connectivity index (χ4v) is 2.16. The average molecular weight is 260 g/mol. The number of methoxy groups -OCH3 is 1. The maximum atomic E-state index is 12.5. The minimum absolute atomic E-state index is 0.489. The summed E-state index contributed by atoms with van der Waals surface area (Å²) in [6, 6.07) is 6.21. The van der Waals surface area contributed by atoms with Crippen molar-refractivity contribution < 1.29 is 13.3 Å². The van der Waals surface area contributed by atoms with Gasteiger partial charge in [-0.05, 0) is 24.7 Å². The molecule has 0 aliphatic rings. The highest BCUT2D eigenvalue weighted by Crippen LogP contribution is 2.21. The standard InChI is InChI=1S/C11H17FN2O2S/c1-14-17(15)9-5-3-8(4-6-9)11(16-2)10(13)7-12/h3-6,10-11,14H,7,13H2,1-2H3. The van der Waals surface area contributed by atoms with E-state index in [4.69, 9.17) is 10.5 Å². The molecule has 3 unspecified atom stereocenters. The van der Waals surface area contributed by atoms with Crippen molar-refractivity contribution in [3.05, 3.63) is 29.8 Å². The van der Waals surface area contributed by atoms with E-state index in [0.29, 0.717) is 4.90 Å². The van der Waals surface area contributed by atoms with E-state index in [9.17, 15) is 8.60 Å². The molecule has 0 aliphatic carbocycles. The van der Waals surface area contributed by atoms with Crippen LogP contribution in [0.4, 0.5) is 4.39 Å². The van der Waals surface area contributed by atoms with Gasteiger partial charge in [-0.15, -0.1) is 0 Å². The van der Waals surface area contributed by atoms with E-state index >= 15 is 0 Å². The van der Waals surface area contributed by atoms with E-state index in [1.807, 2.05) is 0 Å². The number of hydrogen-bond acceptors (Lipinski definition) is 3. The van der Waals surface area contributed by atoms with Crippen molar-refractivity contribution in [3.8, 4) is 0 Å². The first-order chi connectivity index (χ1) is 8.13. The predicted octanol–water partition coefficient (Wildman–Crippen LogP) is 0.913. The summed E-state index contributed by atoms with van der Waals surface area (Å²) in [7, 11) is 1.88. The molecule has 3 atom stereocenters. The second-order valence-electron chi connectivity index (χ2n) is 3.52. The number of nitrogens with two attached hydrogens (primary N) is 1. The maximum Gasteiger partial charge on any atom is 0.124 e. The minimum atomic E-state index is -1.22. The molecule has 1 aromatic carbocycles. The number of halogens is 1. The zero-order chi connectivity index (χ0) is 12.8. The first-order valence-electron chi connectivity index (χ1n) is 5.17. The molecule has 0 radical (unpaired) electrons. The Bertz CT molecular complexity index is 372. The Morgan fingerprint density at radius 1 is 1.47 bits per heavy atom. The zero-order valence-electron chi connectivity index (χ0n) is 9.85. The molecule has 0 amide bonds. The first kappa shape index (κ1) is 14.2. The van der Waals surface area contributed by atoms with E-state index in [2.05, 4.69) is 4.72 Å². The minimum Gasteiger partial charge on any atom is -0.375 e. The number of rotatable bonds is 6. The highest BCUT2D eigenvalue weighted by Gasteiger charge is 2.19. The molecule has 0 saturated heterocycles. The van der Waals surface area contributed by atoms with Crippen LogP contribution < -0.4 is 10.5 Å². The van der Waals surface area contributed by atoms with Crippen LogP contribution in [0.3, 0.4) is 0 Å². The van der Waals surface area contributed by atoms with Crippen LogP contribution in [0.25, 0.3) is 0 Å². The fourth-order valence-electron chi connectivity index (χ4n) is 1.54. The van der Waals surface area contributed by atoms with Crippen molar-refractivity contribution in [1.82, 2.24) is 4.72 Å². The van der Waals surface area contributed by atoms with Gasteiger partial charge in [0.1, 0.15) is 17.7 Å². The largest absolute Gasteiger partial charge is 0.375 e. The number of hydrogen-bond donors (Lipinski definition) is 2. The van der Waals surface area contributed by atoms with E-state index in [1.54, 1.807) is 31.3 Å². The Balaban J connectivity index is 2.88. The number of alkyl halides is 1. The summed E-state index contributed by atoms with van der Waals surface area (Å²) in [5, 5.41) is 0. The first-order valence-corrected chi connectivity index (χ1v) is 6.32. The van der Waals surface area contributed by atoms with Gasteiger partial charge in [0, 0.05) is 7.11 Å². The summed E-state index contributed by atoms with van der Waals surface area (Å²) >= 11 is 0. The third-order valence-corrected chi connectivity index (χ3v) is 3.50. The number of ether oxygens (including phenoxy) is 1. The van der Waals surface area contributed by atoms with E-state index in [-0.39, 0.29) is 0 Å². The molecule has 1 aromatic rings. The van der Waals surface area contributed by atoms with Crippen LogP contribution in [0.1, 0.15) is 11.7 Å². The van der Waals surface area contributed by atoms with Crippen molar-refractivity contribution in [3.63, 3.8) is 0 Å². The summed E-state index contributed by atoms with van der Waals surface area (Å²) < 4.78 is 31.7. The summed E-state index contributed by atoms with van der Waals surface area (Å²) in [6.07, 6.45) is -0.489. The smallest absolute Gasteiger partial charge is 0.124 e. The third kappa shape index (κ3) is 3.57. The quantitative estimate of drug-likeness (QED) is 0.799. The molecule has 0 bridgehead atoms. The van der Waals surface area contributed by atoms with Crippen molar-refractivity contribution >= 4 is 11.0 Å². The summed E-state index contributed by atoms with van der Waals surface area (Å²) in [5.74, 6) is 0.